The van der Waals surface area contributed by atoms with E-state index in [2.05, 4.69) is 15.4 Å². The molecule has 48 heavy (non-hydrogen) atoms. The fourth-order valence-electron chi connectivity index (χ4n) is 5.16. The highest BCUT2D eigenvalue weighted by Crippen LogP contribution is 2.34. The summed E-state index contributed by atoms with van der Waals surface area (Å²) < 4.78 is 28.6. The lowest BCUT2D eigenvalue weighted by Crippen LogP contribution is -2.58. The summed E-state index contributed by atoms with van der Waals surface area (Å²) in [7, 11) is 5.31. The van der Waals surface area contributed by atoms with E-state index in [0.29, 0.717) is 26.2 Å². The molecule has 0 spiro atoms. The summed E-state index contributed by atoms with van der Waals surface area (Å²) in [5.74, 6) is -2.45. The van der Waals surface area contributed by atoms with Crippen LogP contribution in [0, 0.1) is 17.0 Å². The lowest BCUT2D eigenvalue weighted by molar-refractivity contribution is -0.141. The Labute approximate surface area is 283 Å². The van der Waals surface area contributed by atoms with Crippen LogP contribution in [0.4, 0.5) is 13.6 Å². The van der Waals surface area contributed by atoms with Crippen molar-refractivity contribution in [3.05, 3.63) is 65.7 Å². The van der Waals surface area contributed by atoms with Gasteiger partial charge in [0.1, 0.15) is 18.4 Å². The third kappa shape index (κ3) is 12.4. The second-order valence-corrected chi connectivity index (χ2v) is 12.4. The van der Waals surface area contributed by atoms with Gasteiger partial charge in [-0.25, -0.2) is 13.6 Å². The van der Waals surface area contributed by atoms with E-state index < -0.39 is 23.1 Å². The monoisotopic (exact) mass is 677 g/mol. The summed E-state index contributed by atoms with van der Waals surface area (Å²) in [5.41, 5.74) is 0.602. The predicted molar refractivity (Wildman–Crippen MR) is 181 cm³/mol. The minimum atomic E-state index is -1.03. The molecule has 2 aromatic carbocycles. The molecule has 0 bridgehead atoms. The molecule has 2 aliphatic heterocycles. The molecule has 4 amide bonds. The first-order valence-electron chi connectivity index (χ1n) is 16.1. The van der Waals surface area contributed by atoms with Crippen molar-refractivity contribution >= 4 is 24.3 Å². The van der Waals surface area contributed by atoms with Crippen molar-refractivity contribution in [1.29, 1.82) is 0 Å². The van der Waals surface area contributed by atoms with Crippen LogP contribution < -0.4 is 10.6 Å². The Morgan fingerprint density at radius 3 is 2.04 bits per heavy atom. The Morgan fingerprint density at radius 1 is 1.00 bits per heavy atom. The number of aromatic hydroxyl groups is 1. The summed E-state index contributed by atoms with van der Waals surface area (Å²) in [6, 6.07) is 11.3. The summed E-state index contributed by atoms with van der Waals surface area (Å²) >= 11 is 0. The minimum absolute atomic E-state index is 0.0304. The van der Waals surface area contributed by atoms with E-state index in [4.69, 9.17) is 5.11 Å². The lowest BCUT2D eigenvalue weighted by atomic mass is 9.85. The lowest BCUT2D eigenvalue weighted by Gasteiger charge is -2.36. The molecule has 268 valence electrons. The molecule has 3 N–H and O–H groups in total. The summed E-state index contributed by atoms with van der Waals surface area (Å²) in [5, 5.41) is 14.2. The Bertz CT molecular complexity index is 1310. The highest BCUT2D eigenvalue weighted by molar-refractivity contribution is 5.90. The molecule has 0 aliphatic carbocycles. The van der Waals surface area contributed by atoms with Gasteiger partial charge in [-0.3, -0.25) is 19.3 Å². The fourth-order valence-corrected chi connectivity index (χ4v) is 5.16. The van der Waals surface area contributed by atoms with Crippen LogP contribution in [-0.4, -0.2) is 103 Å². The average Bonchev–Trinajstić information content (AvgIpc) is 3.67. The number of nitrogens with zero attached hydrogens (tertiary/aromatic N) is 3. The van der Waals surface area contributed by atoms with E-state index in [-0.39, 0.29) is 41.7 Å². The zero-order valence-electron chi connectivity index (χ0n) is 29.6. The molecule has 0 saturated carbocycles. The number of halogens is 2. The van der Waals surface area contributed by atoms with Gasteiger partial charge in [0, 0.05) is 26.2 Å². The second-order valence-electron chi connectivity index (χ2n) is 12.4. The molecule has 0 radical (unpaired) electrons. The van der Waals surface area contributed by atoms with E-state index in [0.717, 1.165) is 36.6 Å². The number of ether oxygens (including phenoxy) is 1. The average molecular weight is 678 g/mol. The Balaban J connectivity index is 0.000000444. The highest BCUT2D eigenvalue weighted by Gasteiger charge is 2.48. The first-order valence-corrected chi connectivity index (χ1v) is 16.1. The third-order valence-corrected chi connectivity index (χ3v) is 7.95. The Kier molecular flexibility index (Phi) is 17.6. The molecule has 13 heteroatoms. The molecule has 2 aliphatic rings. The maximum absolute atomic E-state index is 13.4. The van der Waals surface area contributed by atoms with Crippen molar-refractivity contribution < 1.29 is 37.8 Å². The largest absolute Gasteiger partial charge is 0.508 e. The van der Waals surface area contributed by atoms with Gasteiger partial charge in [0.15, 0.2) is 11.6 Å². The van der Waals surface area contributed by atoms with Gasteiger partial charge < -0.3 is 30.3 Å². The van der Waals surface area contributed by atoms with E-state index in [1.165, 1.54) is 0 Å². The molecule has 4 atom stereocenters. The number of carbonyl (C=O) groups is 4. The van der Waals surface area contributed by atoms with Crippen molar-refractivity contribution in [3.63, 3.8) is 0 Å². The van der Waals surface area contributed by atoms with E-state index >= 15 is 0 Å². The molecular formula is C35H53F2N5O6. The molecule has 2 heterocycles. The van der Waals surface area contributed by atoms with Crippen LogP contribution in [0.15, 0.2) is 48.5 Å². The zero-order chi connectivity index (χ0) is 36.6. The molecule has 2 aromatic rings. The Morgan fingerprint density at radius 2 is 1.56 bits per heavy atom. The standard InChI is InChI=1S/C19H35N5O3.C8H8O2.C6H4F2O.C2H6/c1-12(22(6)7)16(25)21-15(19(2,3)4)17(26)23-10-8-14-13(23)9-11-24(14)18(27)20-5;9-7-10-6-8-4-2-1-3-5-8;7-5-2-1-4(9)3-6(5)8;1-2/h12-15H,8-11H2,1-7H3,(H,20,27)(H,21,25);1-5,7H,6H2;1-3,9H;1-2H3/t12-,13?,14?,15?;;;/m0.../s1. The molecule has 11 nitrogen and oxygen atoms in total. The molecule has 4 rings (SSSR count). The van der Waals surface area contributed by atoms with Crippen LogP contribution in [0.25, 0.3) is 0 Å². The van der Waals surface area contributed by atoms with Gasteiger partial charge in [-0.2, -0.15) is 0 Å². The van der Waals surface area contributed by atoms with Crippen molar-refractivity contribution in [2.45, 2.75) is 85.2 Å². The predicted octanol–water partition coefficient (Wildman–Crippen LogP) is 4.54. The van der Waals surface area contributed by atoms with Gasteiger partial charge in [0.25, 0.3) is 6.47 Å². The number of amides is 4. The number of likely N-dealkylation sites (N-methyl/N-ethyl adjacent to an activating group) is 1. The zero-order valence-corrected chi connectivity index (χ0v) is 29.6. The van der Waals surface area contributed by atoms with Gasteiger partial charge in [-0.05, 0) is 57.0 Å². The maximum atomic E-state index is 13.4. The molecular weight excluding hydrogens is 624 g/mol. The Hall–Kier alpha value is -4.26. The molecule has 2 saturated heterocycles. The number of benzene rings is 2. The molecule has 3 unspecified atom stereocenters. The number of phenols is 1. The number of hydrogen-bond acceptors (Lipinski definition) is 7. The number of fused-ring (bicyclic) bond motifs is 1. The first kappa shape index (κ1) is 41.8. The van der Waals surface area contributed by atoms with Crippen LogP contribution >= 0.6 is 0 Å². The summed E-state index contributed by atoms with van der Waals surface area (Å²) in [6.45, 7) is 13.8. The topological polar surface area (TPSA) is 132 Å². The van der Waals surface area contributed by atoms with Crippen molar-refractivity contribution in [2.24, 2.45) is 5.41 Å². The number of hydrogen-bond donors (Lipinski definition) is 3. The summed E-state index contributed by atoms with van der Waals surface area (Å²) in [4.78, 5) is 53.3. The van der Waals surface area contributed by atoms with E-state index in [1.807, 2.05) is 101 Å². The number of phenolic OH excluding ortho intramolecular Hbond substituents is 1. The molecule has 0 aromatic heterocycles. The highest BCUT2D eigenvalue weighted by atomic mass is 19.2. The van der Waals surface area contributed by atoms with Crippen LogP contribution in [0.2, 0.25) is 0 Å². The number of nitrogens with one attached hydrogen (secondary N) is 2. The van der Waals surface area contributed by atoms with Crippen LogP contribution in [-0.2, 0) is 25.7 Å². The smallest absolute Gasteiger partial charge is 0.317 e. The van der Waals surface area contributed by atoms with Crippen LogP contribution in [0.3, 0.4) is 0 Å². The van der Waals surface area contributed by atoms with Gasteiger partial charge in [-0.15, -0.1) is 0 Å². The second kappa shape index (κ2) is 20.2. The van der Waals surface area contributed by atoms with Crippen molar-refractivity contribution in [3.8, 4) is 5.75 Å². The van der Waals surface area contributed by atoms with Gasteiger partial charge >= 0.3 is 6.03 Å². The van der Waals surface area contributed by atoms with Gasteiger partial charge in [0.2, 0.25) is 11.8 Å². The van der Waals surface area contributed by atoms with Crippen molar-refractivity contribution in [2.75, 3.05) is 34.2 Å². The van der Waals surface area contributed by atoms with Gasteiger partial charge in [0.05, 0.1) is 18.1 Å². The van der Waals surface area contributed by atoms with Crippen LogP contribution in [0.5, 0.6) is 5.75 Å². The third-order valence-electron chi connectivity index (χ3n) is 7.95. The fraction of sp³-hybridized carbons (Fsp3) is 0.543. The number of carbonyl (C=O) groups excluding carboxylic acids is 4. The normalized spacial score (nSPS) is 17.6. The molecule has 2 fully saturated rings. The SMILES string of the molecule is CC.CNC(=O)N1CCC2C1CCN2C(=O)C(NC(=O)[C@H](C)N(C)C)C(C)(C)C.O=COCc1ccccc1.Oc1ccc(F)c(F)c1. The number of rotatable bonds is 7. The van der Waals surface area contributed by atoms with Gasteiger partial charge in [-0.1, -0.05) is 65.0 Å². The number of likely N-dealkylation sites (tertiary alicyclic amines) is 2. The quantitative estimate of drug-likeness (QED) is 0.367. The van der Waals surface area contributed by atoms with E-state index in [9.17, 15) is 28.0 Å². The van der Waals surface area contributed by atoms with Crippen LogP contribution in [0.1, 0.15) is 59.9 Å². The summed E-state index contributed by atoms with van der Waals surface area (Å²) in [6.07, 6.45) is 1.56. The maximum Gasteiger partial charge on any atom is 0.317 e. The number of urea groups is 1. The first-order chi connectivity index (χ1) is 22.6. The van der Waals surface area contributed by atoms with E-state index in [1.54, 1.807) is 7.05 Å². The minimum Gasteiger partial charge on any atom is -0.508 e. The van der Waals surface area contributed by atoms with Crippen molar-refractivity contribution in [1.82, 2.24) is 25.3 Å².